The number of hydrogen-bond donors (Lipinski definition) is 2. The Kier molecular flexibility index (Phi) is 3.15. The summed E-state index contributed by atoms with van der Waals surface area (Å²) in [5, 5.41) is 6.77. The molecule has 0 aliphatic rings. The van der Waals surface area contributed by atoms with Gasteiger partial charge in [-0.1, -0.05) is 12.1 Å². The lowest BCUT2D eigenvalue weighted by molar-refractivity contribution is -0.117. The van der Waals surface area contributed by atoms with Crippen molar-refractivity contribution < 1.29 is 4.79 Å². The van der Waals surface area contributed by atoms with Gasteiger partial charge in [0.2, 0.25) is 5.91 Å². The lowest BCUT2D eigenvalue weighted by atomic mass is 10.2. The second-order valence-corrected chi connectivity index (χ2v) is 3.64. The Bertz CT molecular complexity index is 506. The van der Waals surface area contributed by atoms with Crippen molar-refractivity contribution in [3.05, 3.63) is 36.9 Å². The van der Waals surface area contributed by atoms with Gasteiger partial charge < -0.3 is 11.1 Å². The van der Waals surface area contributed by atoms with Crippen LogP contribution < -0.4 is 11.1 Å². The molecule has 2 aromatic rings. The zero-order valence-corrected chi connectivity index (χ0v) is 9.37. The van der Waals surface area contributed by atoms with E-state index in [9.17, 15) is 4.79 Å². The molecule has 0 spiro atoms. The maximum atomic E-state index is 11.6. The maximum Gasteiger partial charge on any atom is 0.241 e. The average Bonchev–Trinajstić information content (AvgIpc) is 2.83. The molecule has 6 nitrogen and oxygen atoms in total. The van der Waals surface area contributed by atoms with Crippen LogP contribution in [-0.4, -0.2) is 26.7 Å². The lowest BCUT2D eigenvalue weighted by Gasteiger charge is -2.11. The Hall–Kier alpha value is -2.21. The van der Waals surface area contributed by atoms with E-state index in [4.69, 9.17) is 5.73 Å². The van der Waals surface area contributed by atoms with E-state index in [1.54, 1.807) is 24.0 Å². The summed E-state index contributed by atoms with van der Waals surface area (Å²) in [6.45, 7) is 1.63. The molecule has 0 saturated carbocycles. The van der Waals surface area contributed by atoms with E-state index in [0.29, 0.717) is 5.69 Å². The van der Waals surface area contributed by atoms with Crippen LogP contribution in [0.25, 0.3) is 5.69 Å². The van der Waals surface area contributed by atoms with E-state index >= 15 is 0 Å². The molecule has 1 heterocycles. The summed E-state index contributed by atoms with van der Waals surface area (Å²) >= 11 is 0. The van der Waals surface area contributed by atoms with Gasteiger partial charge in [0.05, 0.1) is 17.4 Å². The van der Waals surface area contributed by atoms with Crippen molar-refractivity contribution in [3.63, 3.8) is 0 Å². The number of nitrogens with zero attached hydrogens (tertiary/aromatic N) is 3. The number of carbonyl (C=O) groups excluding carboxylic acids is 1. The van der Waals surface area contributed by atoms with Crippen LogP contribution in [0.1, 0.15) is 6.92 Å². The lowest BCUT2D eigenvalue weighted by Crippen LogP contribution is -2.32. The number of carbonyl (C=O) groups is 1. The second kappa shape index (κ2) is 4.75. The predicted molar refractivity (Wildman–Crippen MR) is 63.6 cm³/mol. The minimum atomic E-state index is -0.557. The van der Waals surface area contributed by atoms with Crippen LogP contribution in [0.4, 0.5) is 5.69 Å². The molecule has 0 bridgehead atoms. The number of amides is 1. The average molecular weight is 231 g/mol. The highest BCUT2D eigenvalue weighted by atomic mass is 16.2. The molecule has 0 aliphatic carbocycles. The highest BCUT2D eigenvalue weighted by Crippen LogP contribution is 2.18. The highest BCUT2D eigenvalue weighted by molar-refractivity contribution is 5.96. The molecule has 0 saturated heterocycles. The van der Waals surface area contributed by atoms with E-state index in [1.165, 1.54) is 6.33 Å². The Morgan fingerprint density at radius 2 is 2.24 bits per heavy atom. The molecule has 1 aromatic heterocycles. The number of anilines is 1. The molecule has 0 fully saturated rings. The molecule has 6 heteroatoms. The number of para-hydroxylation sites is 2. The van der Waals surface area contributed by atoms with Crippen molar-refractivity contribution in [2.75, 3.05) is 5.32 Å². The SMILES string of the molecule is C[C@H](N)C(=O)Nc1ccccc1-n1cncn1. The Balaban J connectivity index is 2.32. The van der Waals surface area contributed by atoms with Crippen LogP contribution in [0.3, 0.4) is 0 Å². The number of hydrogen-bond acceptors (Lipinski definition) is 4. The van der Waals surface area contributed by atoms with Crippen molar-refractivity contribution in [2.24, 2.45) is 5.73 Å². The van der Waals surface area contributed by atoms with E-state index in [-0.39, 0.29) is 5.91 Å². The third-order valence-corrected chi connectivity index (χ3v) is 2.24. The Morgan fingerprint density at radius 1 is 1.47 bits per heavy atom. The molecule has 17 heavy (non-hydrogen) atoms. The number of benzene rings is 1. The topological polar surface area (TPSA) is 85.8 Å². The molecule has 2 rings (SSSR count). The van der Waals surface area contributed by atoms with Crippen LogP contribution in [0.15, 0.2) is 36.9 Å². The molecule has 0 unspecified atom stereocenters. The third-order valence-electron chi connectivity index (χ3n) is 2.24. The van der Waals surface area contributed by atoms with Crippen molar-refractivity contribution in [3.8, 4) is 5.69 Å². The predicted octanol–water partition coefficient (Wildman–Crippen LogP) is 0.553. The van der Waals surface area contributed by atoms with Crippen LogP contribution in [0, 0.1) is 0 Å². The molecule has 0 radical (unpaired) electrons. The molecular formula is C11H13N5O. The Morgan fingerprint density at radius 3 is 2.88 bits per heavy atom. The van der Waals surface area contributed by atoms with Gasteiger partial charge in [0, 0.05) is 0 Å². The first-order valence-corrected chi connectivity index (χ1v) is 5.19. The third kappa shape index (κ3) is 2.48. The smallest absolute Gasteiger partial charge is 0.241 e. The molecule has 88 valence electrons. The largest absolute Gasteiger partial charge is 0.323 e. The van der Waals surface area contributed by atoms with Crippen molar-refractivity contribution in [1.29, 1.82) is 0 Å². The Labute approximate surface area is 98.5 Å². The molecule has 1 atom stereocenters. The monoisotopic (exact) mass is 231 g/mol. The van der Waals surface area contributed by atoms with Crippen LogP contribution in [0.5, 0.6) is 0 Å². The van der Waals surface area contributed by atoms with Gasteiger partial charge in [0.15, 0.2) is 0 Å². The zero-order chi connectivity index (χ0) is 12.3. The van der Waals surface area contributed by atoms with Crippen LogP contribution >= 0.6 is 0 Å². The highest BCUT2D eigenvalue weighted by Gasteiger charge is 2.11. The number of rotatable bonds is 3. The van der Waals surface area contributed by atoms with Gasteiger partial charge in [0.1, 0.15) is 12.7 Å². The molecular weight excluding hydrogens is 218 g/mol. The van der Waals surface area contributed by atoms with Gasteiger partial charge in [-0.25, -0.2) is 9.67 Å². The van der Waals surface area contributed by atoms with Gasteiger partial charge in [-0.3, -0.25) is 4.79 Å². The molecule has 1 amide bonds. The minimum Gasteiger partial charge on any atom is -0.323 e. The quantitative estimate of drug-likeness (QED) is 0.807. The fourth-order valence-electron chi connectivity index (χ4n) is 1.36. The van der Waals surface area contributed by atoms with Gasteiger partial charge in [0.25, 0.3) is 0 Å². The fourth-order valence-corrected chi connectivity index (χ4v) is 1.36. The fraction of sp³-hybridized carbons (Fsp3) is 0.182. The van der Waals surface area contributed by atoms with E-state index in [2.05, 4.69) is 15.4 Å². The number of aromatic nitrogens is 3. The minimum absolute atomic E-state index is 0.238. The first-order valence-electron chi connectivity index (χ1n) is 5.19. The summed E-state index contributed by atoms with van der Waals surface area (Å²) < 4.78 is 1.58. The summed E-state index contributed by atoms with van der Waals surface area (Å²) in [7, 11) is 0. The van der Waals surface area contributed by atoms with Gasteiger partial charge in [-0.15, -0.1) is 0 Å². The van der Waals surface area contributed by atoms with Crippen LogP contribution in [-0.2, 0) is 4.79 Å². The maximum absolute atomic E-state index is 11.6. The van der Waals surface area contributed by atoms with Crippen molar-refractivity contribution in [1.82, 2.24) is 14.8 Å². The molecule has 1 aromatic carbocycles. The van der Waals surface area contributed by atoms with Crippen molar-refractivity contribution >= 4 is 11.6 Å². The zero-order valence-electron chi connectivity index (χ0n) is 9.37. The molecule has 3 N–H and O–H groups in total. The summed E-state index contributed by atoms with van der Waals surface area (Å²) in [4.78, 5) is 15.4. The van der Waals surface area contributed by atoms with E-state index in [1.807, 2.05) is 18.2 Å². The summed E-state index contributed by atoms with van der Waals surface area (Å²) in [6, 6.07) is 6.76. The summed E-state index contributed by atoms with van der Waals surface area (Å²) in [6.07, 6.45) is 3.00. The second-order valence-electron chi connectivity index (χ2n) is 3.64. The summed E-state index contributed by atoms with van der Waals surface area (Å²) in [5.41, 5.74) is 6.91. The van der Waals surface area contributed by atoms with E-state index < -0.39 is 6.04 Å². The number of nitrogens with one attached hydrogen (secondary N) is 1. The normalized spacial score (nSPS) is 12.1. The first-order chi connectivity index (χ1) is 8.18. The summed E-state index contributed by atoms with van der Waals surface area (Å²) in [5.74, 6) is -0.238. The first kappa shape index (κ1) is 11.3. The van der Waals surface area contributed by atoms with Gasteiger partial charge in [-0.05, 0) is 19.1 Å². The van der Waals surface area contributed by atoms with Gasteiger partial charge >= 0.3 is 0 Å². The van der Waals surface area contributed by atoms with Gasteiger partial charge in [-0.2, -0.15) is 5.10 Å². The van der Waals surface area contributed by atoms with E-state index in [0.717, 1.165) is 5.69 Å². The van der Waals surface area contributed by atoms with Crippen molar-refractivity contribution in [2.45, 2.75) is 13.0 Å². The van der Waals surface area contributed by atoms with Crippen LogP contribution in [0.2, 0.25) is 0 Å². The molecule has 0 aliphatic heterocycles. The number of nitrogens with two attached hydrogens (primary N) is 1. The standard InChI is InChI=1S/C11H13N5O/c1-8(12)11(17)15-9-4-2-3-5-10(9)16-7-13-6-14-16/h2-8H,12H2,1H3,(H,15,17)/t8-/m0/s1.